The second-order valence-electron chi connectivity index (χ2n) is 3.19. The summed E-state index contributed by atoms with van der Waals surface area (Å²) in [4.78, 5) is 0. The number of hydrogen-bond donors (Lipinski definition) is 1. The van der Waals surface area contributed by atoms with Gasteiger partial charge in [0.05, 0.1) is 0 Å². The van der Waals surface area contributed by atoms with Crippen molar-refractivity contribution in [1.82, 2.24) is 5.09 Å². The first-order valence-electron chi connectivity index (χ1n) is 4.48. The van der Waals surface area contributed by atoms with Crippen LogP contribution in [0.25, 0.3) is 0 Å². The van der Waals surface area contributed by atoms with Gasteiger partial charge in [0.15, 0.2) is 0 Å². The zero-order valence-corrected chi connectivity index (χ0v) is 11.4. The van der Waals surface area contributed by atoms with E-state index in [0.717, 1.165) is 10.0 Å². The Morgan fingerprint density at radius 1 is 1.67 bits per heavy atom. The molecule has 1 aliphatic rings. The molecule has 1 saturated heterocycles. The van der Waals surface area contributed by atoms with Crippen molar-refractivity contribution in [3.8, 4) is 0 Å². The van der Waals surface area contributed by atoms with Gasteiger partial charge in [-0.25, -0.2) is 5.09 Å². The molecule has 0 amide bonds. The van der Waals surface area contributed by atoms with Crippen molar-refractivity contribution >= 4 is 34.4 Å². The van der Waals surface area contributed by atoms with Gasteiger partial charge in [-0.05, 0) is 29.5 Å². The standard InChI is InChI=1S/C9H11BrNO2PS/c1-12-14(15)11-6-9(13-14)7-3-2-4-8(10)5-7/h2-5,9H,6H2,1H3,(H,11,15). The van der Waals surface area contributed by atoms with Crippen molar-refractivity contribution in [2.24, 2.45) is 0 Å². The Labute approximate surface area is 103 Å². The van der Waals surface area contributed by atoms with Crippen LogP contribution < -0.4 is 5.09 Å². The molecule has 6 heteroatoms. The molecule has 3 nitrogen and oxygen atoms in total. The Balaban J connectivity index is 2.18. The molecule has 82 valence electrons. The molecule has 1 fully saturated rings. The highest BCUT2D eigenvalue weighted by molar-refractivity contribution is 9.10. The molecule has 0 saturated carbocycles. The van der Waals surface area contributed by atoms with Gasteiger partial charge in [0.25, 0.3) is 6.64 Å². The van der Waals surface area contributed by atoms with Crippen molar-refractivity contribution in [3.05, 3.63) is 34.3 Å². The summed E-state index contributed by atoms with van der Waals surface area (Å²) in [6.45, 7) is -1.51. The lowest BCUT2D eigenvalue weighted by molar-refractivity contribution is 0.233. The Kier molecular flexibility index (Phi) is 3.60. The van der Waals surface area contributed by atoms with E-state index in [9.17, 15) is 0 Å². The third-order valence-corrected chi connectivity index (χ3v) is 5.37. The average Bonchev–Trinajstić information content (AvgIpc) is 2.62. The minimum atomic E-state index is -2.22. The lowest BCUT2D eigenvalue weighted by Gasteiger charge is -2.13. The van der Waals surface area contributed by atoms with Crippen LogP contribution in [0.15, 0.2) is 28.7 Å². The molecule has 0 radical (unpaired) electrons. The topological polar surface area (TPSA) is 30.5 Å². The summed E-state index contributed by atoms with van der Waals surface area (Å²) in [6, 6.07) is 8.03. The first-order chi connectivity index (χ1) is 7.13. The Morgan fingerprint density at radius 2 is 2.47 bits per heavy atom. The molecule has 0 aromatic heterocycles. The smallest absolute Gasteiger partial charge is 0.261 e. The molecule has 1 N–H and O–H groups in total. The van der Waals surface area contributed by atoms with Crippen molar-refractivity contribution in [2.45, 2.75) is 6.10 Å². The largest absolute Gasteiger partial charge is 0.321 e. The zero-order chi connectivity index (χ0) is 10.9. The molecule has 2 unspecified atom stereocenters. The molecule has 1 aliphatic heterocycles. The van der Waals surface area contributed by atoms with Gasteiger partial charge < -0.3 is 9.05 Å². The van der Waals surface area contributed by atoms with Gasteiger partial charge in [0.1, 0.15) is 6.10 Å². The van der Waals surface area contributed by atoms with Gasteiger partial charge in [-0.1, -0.05) is 28.1 Å². The zero-order valence-electron chi connectivity index (χ0n) is 8.14. The van der Waals surface area contributed by atoms with E-state index >= 15 is 0 Å². The van der Waals surface area contributed by atoms with Crippen molar-refractivity contribution in [3.63, 3.8) is 0 Å². The quantitative estimate of drug-likeness (QED) is 0.851. The molecule has 1 heterocycles. The fraction of sp³-hybridized carbons (Fsp3) is 0.333. The van der Waals surface area contributed by atoms with Gasteiger partial charge in [0, 0.05) is 18.1 Å². The third-order valence-electron chi connectivity index (χ3n) is 2.20. The fourth-order valence-corrected chi connectivity index (χ4v) is 3.59. The van der Waals surface area contributed by atoms with E-state index < -0.39 is 6.64 Å². The van der Waals surface area contributed by atoms with Crippen molar-refractivity contribution < 1.29 is 9.05 Å². The molecule has 0 aliphatic carbocycles. The van der Waals surface area contributed by atoms with Crippen LogP contribution in [0.3, 0.4) is 0 Å². The van der Waals surface area contributed by atoms with E-state index in [2.05, 4.69) is 21.0 Å². The second kappa shape index (κ2) is 4.62. The van der Waals surface area contributed by atoms with Crippen LogP contribution in [0, 0.1) is 0 Å². The van der Waals surface area contributed by atoms with Crippen LogP contribution in [0.5, 0.6) is 0 Å². The number of hydrogen-bond acceptors (Lipinski definition) is 3. The van der Waals surface area contributed by atoms with Crippen LogP contribution in [0.2, 0.25) is 0 Å². The van der Waals surface area contributed by atoms with Crippen LogP contribution in [-0.4, -0.2) is 13.7 Å². The molecule has 2 atom stereocenters. The normalized spacial score (nSPS) is 30.7. The van der Waals surface area contributed by atoms with E-state index in [1.165, 1.54) is 0 Å². The number of nitrogens with one attached hydrogen (secondary N) is 1. The summed E-state index contributed by atoms with van der Waals surface area (Å²) in [6.07, 6.45) is -0.00622. The molecular weight excluding hydrogens is 297 g/mol. The molecule has 0 bridgehead atoms. The highest BCUT2D eigenvalue weighted by Gasteiger charge is 2.31. The SMILES string of the molecule is COP1(=S)NCC(c2cccc(Br)c2)O1. The Bertz CT molecular complexity index is 415. The highest BCUT2D eigenvalue weighted by Crippen LogP contribution is 2.52. The summed E-state index contributed by atoms with van der Waals surface area (Å²) >= 11 is 8.65. The third kappa shape index (κ3) is 2.67. The maximum Gasteiger partial charge on any atom is 0.261 e. The maximum atomic E-state index is 5.71. The van der Waals surface area contributed by atoms with Gasteiger partial charge in [-0.2, -0.15) is 0 Å². The first-order valence-corrected chi connectivity index (χ1v) is 7.91. The lowest BCUT2D eigenvalue weighted by atomic mass is 10.1. The molecule has 0 spiro atoms. The van der Waals surface area contributed by atoms with Gasteiger partial charge in [0.2, 0.25) is 0 Å². The predicted octanol–water partition coefficient (Wildman–Crippen LogP) is 2.98. The summed E-state index contributed by atoms with van der Waals surface area (Å²) in [5.74, 6) is 0. The van der Waals surface area contributed by atoms with E-state index in [-0.39, 0.29) is 6.10 Å². The second-order valence-corrected chi connectivity index (χ2v) is 7.44. The summed E-state index contributed by atoms with van der Waals surface area (Å²) in [5.41, 5.74) is 1.11. The summed E-state index contributed by atoms with van der Waals surface area (Å²) in [7, 11) is 1.58. The molecule has 15 heavy (non-hydrogen) atoms. The summed E-state index contributed by atoms with van der Waals surface area (Å²) in [5, 5.41) is 3.12. The van der Waals surface area contributed by atoms with Crippen LogP contribution >= 0.6 is 22.6 Å². The maximum absolute atomic E-state index is 5.71. The van der Waals surface area contributed by atoms with Gasteiger partial charge in [-0.15, -0.1) is 0 Å². The van der Waals surface area contributed by atoms with E-state index in [1.807, 2.05) is 24.3 Å². The van der Waals surface area contributed by atoms with E-state index in [0.29, 0.717) is 6.54 Å². The molecule has 2 rings (SSSR count). The van der Waals surface area contributed by atoms with Gasteiger partial charge >= 0.3 is 0 Å². The van der Waals surface area contributed by atoms with Crippen molar-refractivity contribution in [1.29, 1.82) is 0 Å². The molecule has 1 aromatic carbocycles. The lowest BCUT2D eigenvalue weighted by Crippen LogP contribution is -2.06. The number of rotatable bonds is 2. The Morgan fingerprint density at radius 3 is 3.07 bits per heavy atom. The van der Waals surface area contributed by atoms with E-state index in [1.54, 1.807) is 7.11 Å². The van der Waals surface area contributed by atoms with Crippen LogP contribution in [0.4, 0.5) is 0 Å². The monoisotopic (exact) mass is 307 g/mol. The van der Waals surface area contributed by atoms with E-state index in [4.69, 9.17) is 20.9 Å². The average molecular weight is 308 g/mol. The fourth-order valence-electron chi connectivity index (χ4n) is 1.43. The first kappa shape index (κ1) is 11.7. The Hall–Kier alpha value is 0.230. The highest BCUT2D eigenvalue weighted by atomic mass is 79.9. The predicted molar refractivity (Wildman–Crippen MR) is 67.3 cm³/mol. The minimum absolute atomic E-state index is 0.00622. The van der Waals surface area contributed by atoms with Crippen molar-refractivity contribution in [2.75, 3.05) is 13.7 Å². The van der Waals surface area contributed by atoms with Crippen LogP contribution in [0.1, 0.15) is 11.7 Å². The minimum Gasteiger partial charge on any atom is -0.321 e. The van der Waals surface area contributed by atoms with Gasteiger partial charge in [-0.3, -0.25) is 0 Å². The molecular formula is C9H11BrNO2PS. The number of halogens is 1. The number of benzene rings is 1. The molecule has 1 aromatic rings. The summed E-state index contributed by atoms with van der Waals surface area (Å²) < 4.78 is 11.9. The van der Waals surface area contributed by atoms with Crippen LogP contribution in [-0.2, 0) is 20.9 Å².